The highest BCUT2D eigenvalue weighted by Crippen LogP contribution is 2.31. The van der Waals surface area contributed by atoms with Crippen LogP contribution in [0, 0.1) is 0 Å². The second-order valence-electron chi connectivity index (χ2n) is 4.05. The Hall–Kier alpha value is -1.51. The minimum Gasteiger partial charge on any atom is -0.497 e. The van der Waals surface area contributed by atoms with Gasteiger partial charge < -0.3 is 9.53 Å². The van der Waals surface area contributed by atoms with Gasteiger partial charge in [-0.25, -0.2) is 0 Å². The van der Waals surface area contributed by atoms with Crippen LogP contribution in [-0.4, -0.2) is 13.4 Å². The quantitative estimate of drug-likeness (QED) is 0.785. The van der Waals surface area contributed by atoms with Crippen molar-refractivity contribution in [2.75, 3.05) is 7.11 Å². The van der Waals surface area contributed by atoms with Gasteiger partial charge in [-0.1, -0.05) is 41.4 Å². The highest BCUT2D eigenvalue weighted by molar-refractivity contribution is 6.35. The second kappa shape index (κ2) is 6.09. The number of halogens is 2. The average Bonchev–Trinajstić information content (AvgIpc) is 2.42. The van der Waals surface area contributed by atoms with E-state index in [0.717, 1.165) is 23.2 Å². The SMILES string of the molecule is COc1ccc(C(C=O)c2ccc(Cl)cc2Cl)cc1. The van der Waals surface area contributed by atoms with Gasteiger partial charge in [0.25, 0.3) is 0 Å². The van der Waals surface area contributed by atoms with Gasteiger partial charge in [0.2, 0.25) is 0 Å². The van der Waals surface area contributed by atoms with E-state index in [1.54, 1.807) is 25.3 Å². The largest absolute Gasteiger partial charge is 0.497 e. The third kappa shape index (κ3) is 3.09. The zero-order valence-electron chi connectivity index (χ0n) is 10.3. The molecule has 0 saturated heterocycles. The van der Waals surface area contributed by atoms with Crippen molar-refractivity contribution < 1.29 is 9.53 Å². The maximum absolute atomic E-state index is 11.4. The molecule has 0 heterocycles. The van der Waals surface area contributed by atoms with Crippen molar-refractivity contribution in [1.29, 1.82) is 0 Å². The standard InChI is InChI=1S/C15H12Cl2O2/c1-19-12-5-2-10(3-6-12)14(9-18)13-7-4-11(16)8-15(13)17/h2-9,14H,1H3. The van der Waals surface area contributed by atoms with Crippen molar-refractivity contribution in [2.45, 2.75) is 5.92 Å². The van der Waals surface area contributed by atoms with E-state index in [-0.39, 0.29) is 0 Å². The summed E-state index contributed by atoms with van der Waals surface area (Å²) in [5.74, 6) is 0.339. The minimum atomic E-state index is -0.407. The summed E-state index contributed by atoms with van der Waals surface area (Å²) in [6, 6.07) is 12.5. The lowest BCUT2D eigenvalue weighted by Gasteiger charge is -2.13. The Morgan fingerprint density at radius 3 is 2.32 bits per heavy atom. The Morgan fingerprint density at radius 2 is 1.79 bits per heavy atom. The number of methoxy groups -OCH3 is 1. The van der Waals surface area contributed by atoms with Gasteiger partial charge in [0.05, 0.1) is 13.0 Å². The van der Waals surface area contributed by atoms with Gasteiger partial charge in [-0.05, 0) is 35.4 Å². The summed E-state index contributed by atoms with van der Waals surface area (Å²) in [6.07, 6.45) is 0.872. The lowest BCUT2D eigenvalue weighted by Crippen LogP contribution is -2.03. The number of ether oxygens (including phenoxy) is 1. The zero-order valence-corrected chi connectivity index (χ0v) is 11.8. The molecule has 2 rings (SSSR count). The van der Waals surface area contributed by atoms with Crippen LogP contribution in [0.15, 0.2) is 42.5 Å². The molecule has 1 unspecified atom stereocenters. The summed E-state index contributed by atoms with van der Waals surface area (Å²) >= 11 is 12.0. The van der Waals surface area contributed by atoms with E-state index in [4.69, 9.17) is 27.9 Å². The maximum Gasteiger partial charge on any atom is 0.131 e. The van der Waals surface area contributed by atoms with Crippen LogP contribution in [0.3, 0.4) is 0 Å². The number of rotatable bonds is 4. The van der Waals surface area contributed by atoms with Crippen LogP contribution in [0.2, 0.25) is 10.0 Å². The second-order valence-corrected chi connectivity index (χ2v) is 4.90. The molecular formula is C15H12Cl2O2. The summed E-state index contributed by atoms with van der Waals surface area (Å²) in [6.45, 7) is 0. The van der Waals surface area contributed by atoms with Gasteiger partial charge in [0.15, 0.2) is 0 Å². The molecule has 0 spiro atoms. The van der Waals surface area contributed by atoms with Gasteiger partial charge in [-0.3, -0.25) is 0 Å². The number of carbonyl (C=O) groups excluding carboxylic acids is 1. The van der Waals surface area contributed by atoms with E-state index in [1.807, 2.05) is 24.3 Å². The van der Waals surface area contributed by atoms with Gasteiger partial charge in [0.1, 0.15) is 12.0 Å². The van der Waals surface area contributed by atoms with Crippen molar-refractivity contribution in [3.63, 3.8) is 0 Å². The molecule has 0 bridgehead atoms. The summed E-state index contributed by atoms with van der Waals surface area (Å²) < 4.78 is 5.10. The Morgan fingerprint density at radius 1 is 1.11 bits per heavy atom. The lowest BCUT2D eigenvalue weighted by atomic mass is 9.92. The van der Waals surface area contributed by atoms with Crippen LogP contribution in [0.1, 0.15) is 17.0 Å². The third-order valence-corrected chi connectivity index (χ3v) is 3.47. The van der Waals surface area contributed by atoms with Crippen LogP contribution < -0.4 is 4.74 Å². The van der Waals surface area contributed by atoms with Crippen LogP contribution in [-0.2, 0) is 4.79 Å². The summed E-state index contributed by atoms with van der Waals surface area (Å²) in [5.41, 5.74) is 1.60. The maximum atomic E-state index is 11.4. The highest BCUT2D eigenvalue weighted by Gasteiger charge is 2.16. The van der Waals surface area contributed by atoms with Crippen LogP contribution >= 0.6 is 23.2 Å². The number of hydrogen-bond acceptors (Lipinski definition) is 2. The number of benzene rings is 2. The van der Waals surface area contributed by atoms with Gasteiger partial charge in [0, 0.05) is 10.0 Å². The Bertz CT molecular complexity index is 579. The lowest BCUT2D eigenvalue weighted by molar-refractivity contribution is -0.108. The molecule has 1 atom stereocenters. The predicted molar refractivity (Wildman–Crippen MR) is 77.4 cm³/mol. The van der Waals surface area contributed by atoms with Crippen molar-refractivity contribution in [2.24, 2.45) is 0 Å². The topological polar surface area (TPSA) is 26.3 Å². The zero-order chi connectivity index (χ0) is 13.8. The van der Waals surface area contributed by atoms with E-state index in [0.29, 0.717) is 10.0 Å². The molecule has 4 heteroatoms. The van der Waals surface area contributed by atoms with Crippen molar-refractivity contribution in [3.05, 3.63) is 63.6 Å². The van der Waals surface area contributed by atoms with E-state index in [9.17, 15) is 4.79 Å². The van der Waals surface area contributed by atoms with Crippen LogP contribution in [0.4, 0.5) is 0 Å². The molecule has 19 heavy (non-hydrogen) atoms. The molecule has 0 saturated carbocycles. The molecule has 0 N–H and O–H groups in total. The third-order valence-electron chi connectivity index (χ3n) is 2.91. The molecule has 0 amide bonds. The number of carbonyl (C=O) groups is 1. The van der Waals surface area contributed by atoms with Crippen molar-refractivity contribution in [3.8, 4) is 5.75 Å². The number of hydrogen-bond donors (Lipinski definition) is 0. The highest BCUT2D eigenvalue weighted by atomic mass is 35.5. The monoisotopic (exact) mass is 294 g/mol. The van der Waals surface area contributed by atoms with Gasteiger partial charge in [-0.15, -0.1) is 0 Å². The Labute approximate surface area is 121 Å². The fourth-order valence-electron chi connectivity index (χ4n) is 1.90. The first kappa shape index (κ1) is 13.9. The molecule has 0 aliphatic rings. The summed E-state index contributed by atoms with van der Waals surface area (Å²) in [7, 11) is 1.60. The first-order valence-electron chi connectivity index (χ1n) is 5.70. The van der Waals surface area contributed by atoms with Crippen LogP contribution in [0.25, 0.3) is 0 Å². The van der Waals surface area contributed by atoms with E-state index < -0.39 is 5.92 Å². The molecular weight excluding hydrogens is 283 g/mol. The minimum absolute atomic E-state index is 0.407. The normalized spacial score (nSPS) is 11.9. The predicted octanol–water partition coefficient (Wildman–Crippen LogP) is 4.33. The van der Waals surface area contributed by atoms with Crippen molar-refractivity contribution >= 4 is 29.5 Å². The molecule has 0 aliphatic heterocycles. The van der Waals surface area contributed by atoms with E-state index in [2.05, 4.69) is 0 Å². The molecule has 2 aromatic rings. The first-order chi connectivity index (χ1) is 9.15. The summed E-state index contributed by atoms with van der Waals surface area (Å²) in [5, 5.41) is 1.04. The van der Waals surface area contributed by atoms with Gasteiger partial charge >= 0.3 is 0 Å². The van der Waals surface area contributed by atoms with E-state index >= 15 is 0 Å². The fourth-order valence-corrected chi connectivity index (χ4v) is 2.42. The summed E-state index contributed by atoms with van der Waals surface area (Å²) in [4.78, 5) is 11.4. The Kier molecular flexibility index (Phi) is 4.46. The Balaban J connectivity index is 2.40. The fraction of sp³-hybridized carbons (Fsp3) is 0.133. The molecule has 0 aliphatic carbocycles. The molecule has 0 fully saturated rings. The average molecular weight is 295 g/mol. The molecule has 0 aromatic heterocycles. The van der Waals surface area contributed by atoms with Crippen molar-refractivity contribution in [1.82, 2.24) is 0 Å². The van der Waals surface area contributed by atoms with Crippen LogP contribution in [0.5, 0.6) is 5.75 Å². The molecule has 2 aromatic carbocycles. The van der Waals surface area contributed by atoms with E-state index in [1.165, 1.54) is 0 Å². The molecule has 98 valence electrons. The molecule has 2 nitrogen and oxygen atoms in total. The van der Waals surface area contributed by atoms with Gasteiger partial charge in [-0.2, -0.15) is 0 Å². The first-order valence-corrected chi connectivity index (χ1v) is 6.45. The molecule has 0 radical (unpaired) electrons. The number of aldehydes is 1. The smallest absolute Gasteiger partial charge is 0.131 e.